The maximum absolute atomic E-state index is 11.8. The highest BCUT2D eigenvalue weighted by Crippen LogP contribution is 2.36. The molecule has 0 amide bonds. The van der Waals surface area contributed by atoms with E-state index in [1.54, 1.807) is 20.8 Å². The van der Waals surface area contributed by atoms with E-state index in [2.05, 4.69) is 50.6 Å². The number of hydrogen-bond donors (Lipinski definition) is 0. The summed E-state index contributed by atoms with van der Waals surface area (Å²) in [5.74, 6) is -0.356. The van der Waals surface area contributed by atoms with Crippen molar-refractivity contribution < 1.29 is 19.1 Å². The van der Waals surface area contributed by atoms with Gasteiger partial charge in [0, 0.05) is 4.83 Å². The zero-order chi connectivity index (χ0) is 26.2. The molecule has 0 aliphatic carbocycles. The summed E-state index contributed by atoms with van der Waals surface area (Å²) < 4.78 is 9.27. The quantitative estimate of drug-likeness (QED) is 0.227. The topological polar surface area (TPSA) is 52.6 Å². The van der Waals surface area contributed by atoms with Crippen molar-refractivity contribution >= 4 is 49.9 Å². The Bertz CT molecular complexity index is 844. The first-order valence-electron chi connectivity index (χ1n) is 11.3. The van der Waals surface area contributed by atoms with Crippen LogP contribution < -0.4 is 0 Å². The summed E-state index contributed by atoms with van der Waals surface area (Å²) in [6.45, 7) is 15.5. The van der Waals surface area contributed by atoms with Gasteiger partial charge in [0.15, 0.2) is 0 Å². The van der Waals surface area contributed by atoms with Gasteiger partial charge in [0.1, 0.15) is 4.32 Å². The standard InChI is InChI=1S/C14H19BrO2.C8H8.C6H11BrO2/c1-4-17-13(16)14(2,3)10-12(15)11-8-6-5-7-9-11;1-2-8-6-4-3-5-7-8;1-4-9-5(8)6(2,3)7/h5-9,12H,4,10H2,1-3H3;2-7H,1H2;4H2,1-3H3. The molecule has 1 unspecified atom stereocenters. The van der Waals surface area contributed by atoms with Crippen molar-refractivity contribution in [2.45, 2.75) is 57.1 Å². The van der Waals surface area contributed by atoms with Crippen LogP contribution in [0.25, 0.3) is 6.08 Å². The molecule has 0 fully saturated rings. The molecule has 4 nitrogen and oxygen atoms in total. The molecule has 0 radical (unpaired) electrons. The van der Waals surface area contributed by atoms with Crippen LogP contribution in [0.4, 0.5) is 0 Å². The molecule has 0 N–H and O–H groups in total. The van der Waals surface area contributed by atoms with Gasteiger partial charge in [0.05, 0.1) is 18.6 Å². The predicted octanol–water partition coefficient (Wildman–Crippen LogP) is 8.15. The number of esters is 2. The fraction of sp³-hybridized carbons (Fsp3) is 0.429. The molecule has 2 aromatic carbocycles. The summed E-state index contributed by atoms with van der Waals surface area (Å²) >= 11 is 6.80. The number of carbonyl (C=O) groups is 2. The number of hydrogen-bond acceptors (Lipinski definition) is 4. The van der Waals surface area contributed by atoms with Gasteiger partial charge in [-0.1, -0.05) is 105 Å². The molecule has 1 atom stereocenters. The molecule has 6 heteroatoms. The summed E-state index contributed by atoms with van der Waals surface area (Å²) in [6, 6.07) is 20.1. The summed E-state index contributed by atoms with van der Waals surface area (Å²) in [5.41, 5.74) is 1.89. The van der Waals surface area contributed by atoms with Crippen LogP contribution in [0.3, 0.4) is 0 Å². The zero-order valence-electron chi connectivity index (χ0n) is 21.1. The van der Waals surface area contributed by atoms with Gasteiger partial charge in [-0.2, -0.15) is 0 Å². The van der Waals surface area contributed by atoms with Crippen molar-refractivity contribution in [2.75, 3.05) is 13.2 Å². The van der Waals surface area contributed by atoms with Gasteiger partial charge in [-0.05, 0) is 59.1 Å². The average molecular weight is 598 g/mol. The minimum Gasteiger partial charge on any atom is -0.466 e. The minimum atomic E-state index is -0.539. The second kappa shape index (κ2) is 16.7. The number of carbonyl (C=O) groups excluding carboxylic acids is 2. The van der Waals surface area contributed by atoms with E-state index in [4.69, 9.17) is 9.47 Å². The van der Waals surface area contributed by atoms with E-state index in [-0.39, 0.29) is 16.8 Å². The lowest BCUT2D eigenvalue weighted by Crippen LogP contribution is -2.27. The Kier molecular flexibility index (Phi) is 15.7. The van der Waals surface area contributed by atoms with E-state index in [0.717, 1.165) is 6.42 Å². The van der Waals surface area contributed by atoms with E-state index in [9.17, 15) is 9.59 Å². The van der Waals surface area contributed by atoms with Gasteiger partial charge in [-0.3, -0.25) is 9.59 Å². The van der Waals surface area contributed by atoms with Crippen molar-refractivity contribution in [2.24, 2.45) is 5.41 Å². The van der Waals surface area contributed by atoms with Gasteiger partial charge in [-0.25, -0.2) is 0 Å². The van der Waals surface area contributed by atoms with E-state index in [0.29, 0.717) is 13.2 Å². The van der Waals surface area contributed by atoms with Crippen LogP contribution in [-0.4, -0.2) is 29.5 Å². The second-order valence-electron chi connectivity index (χ2n) is 8.49. The second-order valence-corrected chi connectivity index (χ2v) is 11.6. The summed E-state index contributed by atoms with van der Waals surface area (Å²) in [5, 5.41) is 0. The van der Waals surface area contributed by atoms with E-state index < -0.39 is 9.74 Å². The molecule has 0 heterocycles. The first kappa shape index (κ1) is 32.1. The number of ether oxygens (including phenoxy) is 2. The minimum absolute atomic E-state index is 0.139. The predicted molar refractivity (Wildman–Crippen MR) is 149 cm³/mol. The van der Waals surface area contributed by atoms with E-state index in [1.807, 2.05) is 75.4 Å². The number of alkyl halides is 2. The largest absolute Gasteiger partial charge is 0.466 e. The van der Waals surface area contributed by atoms with Gasteiger partial charge in [0.25, 0.3) is 0 Å². The molecule has 0 aliphatic rings. The SMILES string of the molecule is C=Cc1ccccc1.CCOC(=O)C(C)(C)Br.CCOC(=O)C(C)(C)CC(Br)c1ccccc1. The Morgan fingerprint density at radius 1 is 0.882 bits per heavy atom. The van der Waals surface area contributed by atoms with Crippen molar-refractivity contribution in [3.05, 3.63) is 78.4 Å². The van der Waals surface area contributed by atoms with Gasteiger partial charge < -0.3 is 9.47 Å². The fourth-order valence-electron chi connectivity index (χ4n) is 2.53. The van der Waals surface area contributed by atoms with Crippen molar-refractivity contribution in [3.63, 3.8) is 0 Å². The third-order valence-corrected chi connectivity index (χ3v) is 5.65. The lowest BCUT2D eigenvalue weighted by molar-refractivity contribution is -0.153. The highest BCUT2D eigenvalue weighted by molar-refractivity contribution is 9.10. The molecule has 0 saturated carbocycles. The number of halogens is 2. The molecular weight excluding hydrogens is 560 g/mol. The van der Waals surface area contributed by atoms with Crippen LogP contribution in [0.1, 0.15) is 63.9 Å². The van der Waals surface area contributed by atoms with Crippen LogP contribution in [0.5, 0.6) is 0 Å². The van der Waals surface area contributed by atoms with E-state index in [1.165, 1.54) is 11.1 Å². The van der Waals surface area contributed by atoms with Crippen molar-refractivity contribution in [1.29, 1.82) is 0 Å². The van der Waals surface area contributed by atoms with Crippen LogP contribution >= 0.6 is 31.9 Å². The Balaban J connectivity index is 0.000000537. The maximum Gasteiger partial charge on any atom is 0.322 e. The number of benzene rings is 2. The zero-order valence-corrected chi connectivity index (χ0v) is 24.3. The first-order valence-corrected chi connectivity index (χ1v) is 13.0. The molecule has 0 saturated heterocycles. The molecule has 2 aromatic rings. The molecule has 0 spiro atoms. The number of rotatable bonds is 8. The highest BCUT2D eigenvalue weighted by Gasteiger charge is 2.32. The molecule has 0 aliphatic heterocycles. The van der Waals surface area contributed by atoms with Gasteiger partial charge in [-0.15, -0.1) is 0 Å². The van der Waals surface area contributed by atoms with Gasteiger partial charge >= 0.3 is 11.9 Å². The smallest absolute Gasteiger partial charge is 0.322 e. The third kappa shape index (κ3) is 13.7. The Morgan fingerprint density at radius 3 is 1.68 bits per heavy atom. The Hall–Kier alpha value is -1.92. The molecular formula is C28H38Br2O4. The normalized spacial score (nSPS) is 11.5. The van der Waals surface area contributed by atoms with Crippen LogP contribution in [0.2, 0.25) is 0 Å². The molecule has 0 bridgehead atoms. The summed E-state index contributed by atoms with van der Waals surface area (Å²) in [6.07, 6.45) is 2.55. The van der Waals surface area contributed by atoms with E-state index >= 15 is 0 Å². The molecule has 0 aromatic heterocycles. The van der Waals surface area contributed by atoms with Gasteiger partial charge in [0.2, 0.25) is 0 Å². The monoisotopic (exact) mass is 596 g/mol. The van der Waals surface area contributed by atoms with Crippen molar-refractivity contribution in [1.82, 2.24) is 0 Å². The molecule has 34 heavy (non-hydrogen) atoms. The summed E-state index contributed by atoms with van der Waals surface area (Å²) in [4.78, 5) is 22.8. The van der Waals surface area contributed by atoms with Crippen LogP contribution in [0.15, 0.2) is 67.2 Å². The summed E-state index contributed by atoms with van der Waals surface area (Å²) in [7, 11) is 0. The molecule has 2 rings (SSSR count). The molecule has 188 valence electrons. The van der Waals surface area contributed by atoms with Crippen molar-refractivity contribution in [3.8, 4) is 0 Å². The Morgan fingerprint density at radius 2 is 1.32 bits per heavy atom. The van der Waals surface area contributed by atoms with Crippen LogP contribution in [0, 0.1) is 5.41 Å². The Labute approximate surface area is 222 Å². The fourth-order valence-corrected chi connectivity index (χ4v) is 3.76. The first-order chi connectivity index (χ1) is 15.9. The van der Waals surface area contributed by atoms with Crippen LogP contribution in [-0.2, 0) is 19.1 Å². The third-order valence-electron chi connectivity index (χ3n) is 4.47. The maximum atomic E-state index is 11.8. The highest BCUT2D eigenvalue weighted by atomic mass is 79.9. The lowest BCUT2D eigenvalue weighted by atomic mass is 9.86. The average Bonchev–Trinajstić information content (AvgIpc) is 2.80. The lowest BCUT2D eigenvalue weighted by Gasteiger charge is -2.25.